The summed E-state index contributed by atoms with van der Waals surface area (Å²) in [7, 11) is 1.79. The molecule has 0 unspecified atom stereocenters. The van der Waals surface area contributed by atoms with Crippen molar-refractivity contribution >= 4 is 5.91 Å². The van der Waals surface area contributed by atoms with E-state index in [9.17, 15) is 14.7 Å². The molecule has 0 radical (unpaired) electrons. The number of carbonyl (C=O) groups is 1. The molecule has 3 rings (SSSR count). The summed E-state index contributed by atoms with van der Waals surface area (Å²) < 4.78 is 1.74. The number of aromatic hydroxyl groups is 1. The van der Waals surface area contributed by atoms with E-state index in [1.54, 1.807) is 23.7 Å². The van der Waals surface area contributed by atoms with Crippen LogP contribution in [0.3, 0.4) is 0 Å². The summed E-state index contributed by atoms with van der Waals surface area (Å²) >= 11 is 0. The number of piperidine rings is 1. The highest BCUT2D eigenvalue weighted by Gasteiger charge is 2.22. The van der Waals surface area contributed by atoms with Crippen LogP contribution in [0.15, 0.2) is 41.2 Å². The average Bonchev–Trinajstić information content (AvgIpc) is 2.60. The zero-order chi connectivity index (χ0) is 18.7. The van der Waals surface area contributed by atoms with Gasteiger partial charge in [0.05, 0.1) is 0 Å². The smallest absolute Gasteiger partial charge is 0.268 e. The molecule has 0 saturated carbocycles. The third kappa shape index (κ3) is 4.32. The lowest BCUT2D eigenvalue weighted by atomic mass is 10.0. The van der Waals surface area contributed by atoms with E-state index in [-0.39, 0.29) is 23.1 Å². The van der Waals surface area contributed by atoms with Crippen molar-refractivity contribution in [3.63, 3.8) is 0 Å². The first-order chi connectivity index (χ1) is 12.4. The summed E-state index contributed by atoms with van der Waals surface area (Å²) in [4.78, 5) is 26.5. The van der Waals surface area contributed by atoms with Crippen molar-refractivity contribution in [2.45, 2.75) is 32.4 Å². The molecule has 6 nitrogen and oxygen atoms in total. The van der Waals surface area contributed by atoms with Crippen LogP contribution < -0.4 is 10.7 Å². The highest BCUT2D eigenvalue weighted by atomic mass is 16.3. The number of aryl methyl sites for hydroxylation is 1. The van der Waals surface area contributed by atoms with Gasteiger partial charge in [0.2, 0.25) is 0 Å². The van der Waals surface area contributed by atoms with E-state index in [4.69, 9.17) is 0 Å². The minimum Gasteiger partial charge on any atom is -0.508 e. The topological polar surface area (TPSA) is 74.6 Å². The Morgan fingerprint density at radius 2 is 1.96 bits per heavy atom. The average molecular weight is 355 g/mol. The van der Waals surface area contributed by atoms with Crippen molar-refractivity contribution in [2.75, 3.05) is 13.1 Å². The highest BCUT2D eigenvalue weighted by molar-refractivity contribution is 5.92. The number of pyridine rings is 1. The molecule has 0 spiro atoms. The number of hydrogen-bond acceptors (Lipinski definition) is 4. The van der Waals surface area contributed by atoms with E-state index in [0.29, 0.717) is 5.69 Å². The summed E-state index contributed by atoms with van der Waals surface area (Å²) in [5.74, 6) is 0.0909. The molecule has 1 aromatic heterocycles. The summed E-state index contributed by atoms with van der Waals surface area (Å²) in [6.45, 7) is 4.38. The van der Waals surface area contributed by atoms with Crippen LogP contribution in [-0.2, 0) is 13.6 Å². The Hall–Kier alpha value is -2.60. The Bertz CT molecular complexity index is 852. The normalized spacial score (nSPS) is 15.8. The number of aromatic nitrogens is 1. The van der Waals surface area contributed by atoms with Crippen LogP contribution in [0.2, 0.25) is 0 Å². The first kappa shape index (κ1) is 18.2. The van der Waals surface area contributed by atoms with E-state index >= 15 is 0 Å². The largest absolute Gasteiger partial charge is 0.508 e. The fourth-order valence-corrected chi connectivity index (χ4v) is 3.39. The Kier molecular flexibility index (Phi) is 5.42. The Morgan fingerprint density at radius 1 is 1.23 bits per heavy atom. The van der Waals surface area contributed by atoms with Crippen LogP contribution >= 0.6 is 0 Å². The summed E-state index contributed by atoms with van der Waals surface area (Å²) in [5.41, 5.74) is 2.11. The Morgan fingerprint density at radius 3 is 2.65 bits per heavy atom. The zero-order valence-corrected chi connectivity index (χ0v) is 15.2. The summed E-state index contributed by atoms with van der Waals surface area (Å²) in [5, 5.41) is 12.6. The van der Waals surface area contributed by atoms with Crippen LogP contribution in [0.25, 0.3) is 0 Å². The van der Waals surface area contributed by atoms with Crippen molar-refractivity contribution in [1.29, 1.82) is 0 Å². The van der Waals surface area contributed by atoms with E-state index in [2.05, 4.69) is 10.2 Å². The maximum atomic E-state index is 12.5. The van der Waals surface area contributed by atoms with Gasteiger partial charge in [0.25, 0.3) is 5.91 Å². The maximum absolute atomic E-state index is 12.5. The van der Waals surface area contributed by atoms with Crippen LogP contribution in [0.4, 0.5) is 0 Å². The molecule has 6 heteroatoms. The third-order valence-electron chi connectivity index (χ3n) is 4.99. The molecular formula is C20H25N3O3. The maximum Gasteiger partial charge on any atom is 0.268 e. The fourth-order valence-electron chi connectivity index (χ4n) is 3.39. The van der Waals surface area contributed by atoms with E-state index < -0.39 is 0 Å². The Labute approximate surface area is 153 Å². The van der Waals surface area contributed by atoms with Crippen molar-refractivity contribution in [3.05, 3.63) is 63.6 Å². The van der Waals surface area contributed by atoms with Gasteiger partial charge in [0, 0.05) is 50.6 Å². The number of rotatable bonds is 4. The third-order valence-corrected chi connectivity index (χ3v) is 4.99. The van der Waals surface area contributed by atoms with Crippen LogP contribution in [-0.4, -0.2) is 39.6 Å². The standard InChI is InChI=1S/C20H25N3O3/c1-14-10-18(25)12-19(22(14)2)20(26)21-16-6-8-23(9-7-16)13-15-4-3-5-17(24)11-15/h3-5,10-12,16,24H,6-9,13H2,1-2H3,(H,21,26). The lowest BCUT2D eigenvalue weighted by Gasteiger charge is -2.32. The molecule has 0 bridgehead atoms. The number of benzene rings is 1. The van der Waals surface area contributed by atoms with Crippen molar-refractivity contribution in [3.8, 4) is 5.75 Å². The van der Waals surface area contributed by atoms with Crippen LogP contribution in [0.1, 0.15) is 34.6 Å². The van der Waals surface area contributed by atoms with Gasteiger partial charge >= 0.3 is 0 Å². The molecule has 26 heavy (non-hydrogen) atoms. The molecule has 1 fully saturated rings. The van der Waals surface area contributed by atoms with E-state index in [1.165, 1.54) is 12.1 Å². The molecule has 0 aliphatic carbocycles. The summed E-state index contributed by atoms with van der Waals surface area (Å²) in [6, 6.07) is 10.3. The number of amides is 1. The van der Waals surface area contributed by atoms with Gasteiger partial charge in [0.15, 0.2) is 5.43 Å². The minimum absolute atomic E-state index is 0.110. The van der Waals surface area contributed by atoms with Crippen molar-refractivity contribution in [1.82, 2.24) is 14.8 Å². The highest BCUT2D eigenvalue weighted by Crippen LogP contribution is 2.17. The molecule has 1 aliphatic heterocycles. The second-order valence-corrected chi connectivity index (χ2v) is 6.97. The molecule has 2 N–H and O–H groups in total. The molecule has 2 aromatic rings. The number of carbonyl (C=O) groups excluding carboxylic acids is 1. The van der Waals surface area contributed by atoms with E-state index in [1.807, 2.05) is 19.1 Å². The molecule has 2 heterocycles. The number of nitrogens with one attached hydrogen (secondary N) is 1. The number of nitrogens with zero attached hydrogens (tertiary/aromatic N) is 2. The second-order valence-electron chi connectivity index (χ2n) is 6.97. The quantitative estimate of drug-likeness (QED) is 0.877. The van der Waals surface area contributed by atoms with Gasteiger partial charge in [-0.1, -0.05) is 12.1 Å². The molecular weight excluding hydrogens is 330 g/mol. The molecule has 138 valence electrons. The monoisotopic (exact) mass is 355 g/mol. The van der Waals surface area contributed by atoms with Gasteiger partial charge in [-0.05, 0) is 37.5 Å². The molecule has 1 amide bonds. The fraction of sp³-hybridized carbons (Fsp3) is 0.400. The van der Waals surface area contributed by atoms with E-state index in [0.717, 1.165) is 43.7 Å². The minimum atomic E-state index is -0.195. The zero-order valence-electron chi connectivity index (χ0n) is 15.2. The number of likely N-dealkylation sites (tertiary alicyclic amines) is 1. The predicted molar refractivity (Wildman–Crippen MR) is 100 cm³/mol. The molecule has 1 aliphatic rings. The molecule has 1 saturated heterocycles. The molecule has 0 atom stereocenters. The van der Waals surface area contributed by atoms with Gasteiger partial charge < -0.3 is 15.0 Å². The summed E-state index contributed by atoms with van der Waals surface area (Å²) in [6.07, 6.45) is 1.73. The Balaban J connectivity index is 1.56. The van der Waals surface area contributed by atoms with Gasteiger partial charge in [-0.25, -0.2) is 0 Å². The van der Waals surface area contributed by atoms with Crippen molar-refractivity contribution in [2.24, 2.45) is 7.05 Å². The van der Waals surface area contributed by atoms with Gasteiger partial charge in [-0.3, -0.25) is 14.5 Å². The number of hydrogen-bond donors (Lipinski definition) is 2. The molecule has 1 aromatic carbocycles. The lowest BCUT2D eigenvalue weighted by molar-refractivity contribution is 0.0899. The van der Waals surface area contributed by atoms with Gasteiger partial charge in [-0.15, -0.1) is 0 Å². The SMILES string of the molecule is Cc1cc(=O)cc(C(=O)NC2CCN(Cc3cccc(O)c3)CC2)n1C. The number of phenolic OH excluding ortho intramolecular Hbond substituents is 1. The van der Waals surface area contributed by atoms with Gasteiger partial charge in [0.1, 0.15) is 11.4 Å². The van der Waals surface area contributed by atoms with Gasteiger partial charge in [-0.2, -0.15) is 0 Å². The van der Waals surface area contributed by atoms with Crippen molar-refractivity contribution < 1.29 is 9.90 Å². The predicted octanol–water partition coefficient (Wildman–Crippen LogP) is 1.79. The number of phenols is 1. The second kappa shape index (κ2) is 7.74. The first-order valence-corrected chi connectivity index (χ1v) is 8.91. The van der Waals surface area contributed by atoms with Crippen LogP contribution in [0, 0.1) is 6.92 Å². The van der Waals surface area contributed by atoms with Crippen LogP contribution in [0.5, 0.6) is 5.75 Å². The lowest BCUT2D eigenvalue weighted by Crippen LogP contribution is -2.45. The first-order valence-electron chi connectivity index (χ1n) is 8.91.